The van der Waals surface area contributed by atoms with Gasteiger partial charge in [-0.1, -0.05) is 30.3 Å². The van der Waals surface area contributed by atoms with Crippen LogP contribution in [0.15, 0.2) is 71.4 Å². The number of nitrogens with zero attached hydrogens (tertiary/aromatic N) is 2. The number of ether oxygens (including phenoxy) is 1. The first-order valence-electron chi connectivity index (χ1n) is 7.12. The smallest absolute Gasteiger partial charge is 0.363 e. The predicted octanol–water partition coefficient (Wildman–Crippen LogP) is 3.60. The van der Waals surface area contributed by atoms with E-state index < -0.39 is 10.9 Å². The zero-order chi connectivity index (χ0) is 16.9. The highest BCUT2D eigenvalue weighted by Crippen LogP contribution is 2.17. The Balaban J connectivity index is 1.76. The quantitative estimate of drug-likeness (QED) is 0.373. The molecule has 118 valence electrons. The molecule has 1 heterocycles. The minimum Gasteiger partial charge on any atom is -0.403 e. The lowest BCUT2D eigenvalue weighted by atomic mass is 10.2. The van der Waals surface area contributed by atoms with Gasteiger partial charge in [-0.25, -0.2) is 9.79 Å². The van der Waals surface area contributed by atoms with Gasteiger partial charge in [-0.05, 0) is 35.4 Å². The molecule has 0 fully saturated rings. The van der Waals surface area contributed by atoms with E-state index in [1.807, 2.05) is 30.3 Å². The van der Waals surface area contributed by atoms with Gasteiger partial charge in [-0.2, -0.15) is 0 Å². The van der Waals surface area contributed by atoms with Crippen molar-refractivity contribution in [3.05, 3.63) is 87.6 Å². The summed E-state index contributed by atoms with van der Waals surface area (Å²) >= 11 is 0. The molecule has 0 amide bonds. The maximum atomic E-state index is 11.8. The summed E-state index contributed by atoms with van der Waals surface area (Å²) in [5, 5.41) is 10.6. The van der Waals surface area contributed by atoms with Crippen LogP contribution in [0.4, 0.5) is 5.69 Å². The number of nitro benzene ring substituents is 1. The van der Waals surface area contributed by atoms with E-state index in [4.69, 9.17) is 4.74 Å². The molecular weight excluding hydrogens is 308 g/mol. The third-order valence-corrected chi connectivity index (χ3v) is 3.26. The first kappa shape index (κ1) is 15.4. The molecule has 3 rings (SSSR count). The Hall–Kier alpha value is -3.54. The number of benzene rings is 2. The van der Waals surface area contributed by atoms with Gasteiger partial charge in [0, 0.05) is 18.2 Å². The van der Waals surface area contributed by atoms with Crippen molar-refractivity contribution in [1.29, 1.82) is 0 Å². The van der Waals surface area contributed by atoms with Gasteiger partial charge in [0.2, 0.25) is 5.90 Å². The van der Waals surface area contributed by atoms with E-state index >= 15 is 0 Å². The maximum Gasteiger partial charge on any atom is 0.363 e. The van der Waals surface area contributed by atoms with Gasteiger partial charge in [-0.3, -0.25) is 10.1 Å². The standard InChI is InChI=1S/C18H12N2O4/c21-18-16(12-14-4-2-1-3-5-14)19-17(24-18)11-8-13-6-9-15(10-7-13)20(22)23/h1-12H/b11-8+,16-12-. The van der Waals surface area contributed by atoms with Crippen molar-refractivity contribution in [2.45, 2.75) is 0 Å². The monoisotopic (exact) mass is 320 g/mol. The van der Waals surface area contributed by atoms with Gasteiger partial charge < -0.3 is 4.74 Å². The molecule has 24 heavy (non-hydrogen) atoms. The molecule has 0 saturated carbocycles. The molecule has 2 aromatic carbocycles. The van der Waals surface area contributed by atoms with Crippen LogP contribution in [0.1, 0.15) is 11.1 Å². The zero-order valence-electron chi connectivity index (χ0n) is 12.5. The van der Waals surface area contributed by atoms with Gasteiger partial charge in [0.05, 0.1) is 4.92 Å². The molecule has 1 aliphatic rings. The maximum absolute atomic E-state index is 11.8. The largest absolute Gasteiger partial charge is 0.403 e. The summed E-state index contributed by atoms with van der Waals surface area (Å²) in [6.07, 6.45) is 4.86. The summed E-state index contributed by atoms with van der Waals surface area (Å²) in [4.78, 5) is 26.1. The van der Waals surface area contributed by atoms with Crippen molar-refractivity contribution in [3.8, 4) is 0 Å². The molecule has 0 radical (unpaired) electrons. The lowest BCUT2D eigenvalue weighted by Gasteiger charge is -1.94. The molecule has 0 spiro atoms. The Labute approximate surface area is 137 Å². The van der Waals surface area contributed by atoms with Gasteiger partial charge >= 0.3 is 5.97 Å². The Kier molecular flexibility index (Phi) is 4.29. The van der Waals surface area contributed by atoms with E-state index in [9.17, 15) is 14.9 Å². The second-order valence-electron chi connectivity index (χ2n) is 4.96. The van der Waals surface area contributed by atoms with Crippen molar-refractivity contribution in [2.24, 2.45) is 4.99 Å². The number of hydrogen-bond acceptors (Lipinski definition) is 5. The Bertz CT molecular complexity index is 866. The minimum absolute atomic E-state index is 0.0184. The lowest BCUT2D eigenvalue weighted by molar-refractivity contribution is -0.384. The van der Waals surface area contributed by atoms with E-state index in [0.717, 1.165) is 11.1 Å². The molecule has 0 N–H and O–H groups in total. The van der Waals surface area contributed by atoms with Crippen LogP contribution < -0.4 is 0 Å². The fourth-order valence-corrected chi connectivity index (χ4v) is 2.08. The van der Waals surface area contributed by atoms with E-state index in [1.54, 1.807) is 30.4 Å². The summed E-state index contributed by atoms with van der Waals surface area (Å²) in [6.45, 7) is 0. The molecule has 1 aliphatic heterocycles. The molecule has 0 saturated heterocycles. The van der Waals surface area contributed by atoms with Crippen molar-refractivity contribution >= 4 is 29.7 Å². The summed E-state index contributed by atoms with van der Waals surface area (Å²) in [6, 6.07) is 15.4. The number of carbonyl (C=O) groups is 1. The van der Waals surface area contributed by atoms with Gasteiger partial charge in [0.15, 0.2) is 5.70 Å². The normalized spacial score (nSPS) is 15.6. The molecular formula is C18H12N2O4. The van der Waals surface area contributed by atoms with E-state index in [-0.39, 0.29) is 17.3 Å². The molecule has 0 unspecified atom stereocenters. The number of cyclic esters (lactones) is 1. The Morgan fingerprint density at radius 1 is 0.958 bits per heavy atom. The second kappa shape index (κ2) is 6.70. The first-order chi connectivity index (χ1) is 11.6. The van der Waals surface area contributed by atoms with Crippen LogP contribution in [0, 0.1) is 10.1 Å². The highest BCUT2D eigenvalue weighted by Gasteiger charge is 2.20. The molecule has 0 aromatic heterocycles. The topological polar surface area (TPSA) is 81.8 Å². The SMILES string of the molecule is O=C1OC(/C=C/c2ccc([N+](=O)[O-])cc2)=NC/1=C\c1ccccc1. The fraction of sp³-hybridized carbons (Fsp3) is 0. The van der Waals surface area contributed by atoms with E-state index in [1.165, 1.54) is 12.1 Å². The van der Waals surface area contributed by atoms with Gasteiger partial charge in [0.25, 0.3) is 5.69 Å². The van der Waals surface area contributed by atoms with Crippen molar-refractivity contribution in [3.63, 3.8) is 0 Å². The lowest BCUT2D eigenvalue weighted by Crippen LogP contribution is -2.01. The number of hydrogen-bond donors (Lipinski definition) is 0. The second-order valence-corrected chi connectivity index (χ2v) is 4.96. The van der Waals surface area contributed by atoms with Crippen LogP contribution in [-0.4, -0.2) is 16.8 Å². The first-order valence-corrected chi connectivity index (χ1v) is 7.12. The van der Waals surface area contributed by atoms with Crippen LogP contribution in [0.5, 0.6) is 0 Å². The average Bonchev–Trinajstić information content (AvgIpc) is 2.94. The summed E-state index contributed by atoms with van der Waals surface area (Å²) in [7, 11) is 0. The average molecular weight is 320 g/mol. The van der Waals surface area contributed by atoms with Crippen LogP contribution in [0.25, 0.3) is 12.2 Å². The van der Waals surface area contributed by atoms with Crippen LogP contribution in [-0.2, 0) is 9.53 Å². The van der Waals surface area contributed by atoms with Crippen LogP contribution in [0.2, 0.25) is 0 Å². The number of aliphatic imine (C=N–C) groups is 1. The van der Waals surface area contributed by atoms with Crippen molar-refractivity contribution in [1.82, 2.24) is 0 Å². The number of non-ortho nitro benzene ring substituents is 1. The Morgan fingerprint density at radius 2 is 1.67 bits per heavy atom. The van der Waals surface area contributed by atoms with Gasteiger partial charge in [-0.15, -0.1) is 0 Å². The van der Waals surface area contributed by atoms with E-state index in [0.29, 0.717) is 0 Å². The predicted molar refractivity (Wildman–Crippen MR) is 90.1 cm³/mol. The molecule has 0 aliphatic carbocycles. The third-order valence-electron chi connectivity index (χ3n) is 3.26. The summed E-state index contributed by atoms with van der Waals surface area (Å²) in [5.74, 6) is -0.331. The molecule has 6 heteroatoms. The number of carbonyl (C=O) groups excluding carboxylic acids is 1. The summed E-state index contributed by atoms with van der Waals surface area (Å²) in [5.41, 5.74) is 1.84. The molecule has 6 nitrogen and oxygen atoms in total. The molecule has 0 atom stereocenters. The Morgan fingerprint density at radius 3 is 2.33 bits per heavy atom. The fourth-order valence-electron chi connectivity index (χ4n) is 2.08. The highest BCUT2D eigenvalue weighted by molar-refractivity contribution is 6.11. The van der Waals surface area contributed by atoms with Crippen molar-refractivity contribution in [2.75, 3.05) is 0 Å². The number of rotatable bonds is 4. The third kappa shape index (κ3) is 3.61. The zero-order valence-corrected chi connectivity index (χ0v) is 12.5. The van der Waals surface area contributed by atoms with Crippen LogP contribution in [0.3, 0.4) is 0 Å². The molecule has 0 bridgehead atoms. The molecule has 2 aromatic rings. The minimum atomic E-state index is -0.512. The highest BCUT2D eigenvalue weighted by atomic mass is 16.6. The van der Waals surface area contributed by atoms with Crippen LogP contribution >= 0.6 is 0 Å². The number of esters is 1. The summed E-state index contributed by atoms with van der Waals surface area (Å²) < 4.78 is 5.08. The van der Waals surface area contributed by atoms with Crippen molar-refractivity contribution < 1.29 is 14.5 Å². The van der Waals surface area contributed by atoms with Gasteiger partial charge in [0.1, 0.15) is 0 Å². The number of nitro groups is 1. The van der Waals surface area contributed by atoms with E-state index in [2.05, 4.69) is 4.99 Å².